The zero-order valence-electron chi connectivity index (χ0n) is 20.1. The minimum absolute atomic E-state index is 0.0941. The summed E-state index contributed by atoms with van der Waals surface area (Å²) in [5.74, 6) is 0.0941. The van der Waals surface area contributed by atoms with Crippen molar-refractivity contribution in [1.82, 2.24) is 10.2 Å². The van der Waals surface area contributed by atoms with E-state index in [4.69, 9.17) is 11.6 Å². The first kappa shape index (κ1) is 26.9. The normalized spacial score (nSPS) is 17.9. The van der Waals surface area contributed by atoms with Gasteiger partial charge in [0, 0.05) is 62.3 Å². The Morgan fingerprint density at radius 3 is 2.25 bits per heavy atom. The van der Waals surface area contributed by atoms with Gasteiger partial charge in [0.25, 0.3) is 0 Å². The number of rotatable bonds is 8. The van der Waals surface area contributed by atoms with Crippen LogP contribution >= 0.6 is 23.4 Å². The maximum atomic E-state index is 12.5. The number of alkyl halides is 3. The molecule has 196 valence electrons. The number of carbonyl (C=O) groups is 1. The second-order valence-corrected chi connectivity index (χ2v) is 10.8. The predicted octanol–water partition coefficient (Wildman–Crippen LogP) is 5.64. The highest BCUT2D eigenvalue weighted by molar-refractivity contribution is 8.00. The van der Waals surface area contributed by atoms with Crippen molar-refractivity contribution >= 4 is 40.6 Å². The highest BCUT2D eigenvalue weighted by atomic mass is 35.5. The molecule has 5 nitrogen and oxygen atoms in total. The lowest BCUT2D eigenvalue weighted by Gasteiger charge is -2.36. The Kier molecular flexibility index (Phi) is 9.30. The zero-order valence-corrected chi connectivity index (χ0v) is 21.7. The summed E-state index contributed by atoms with van der Waals surface area (Å²) < 4.78 is 37.5. The fraction of sp³-hybridized carbons (Fsp3) is 0.500. The molecule has 2 aromatic rings. The maximum absolute atomic E-state index is 12.5. The van der Waals surface area contributed by atoms with E-state index in [-0.39, 0.29) is 28.6 Å². The minimum atomic E-state index is -4.27. The predicted molar refractivity (Wildman–Crippen MR) is 141 cm³/mol. The van der Waals surface area contributed by atoms with Gasteiger partial charge in [-0.2, -0.15) is 13.2 Å². The molecule has 1 amide bonds. The third-order valence-corrected chi connectivity index (χ3v) is 7.80. The van der Waals surface area contributed by atoms with Crippen molar-refractivity contribution in [2.45, 2.75) is 42.1 Å². The van der Waals surface area contributed by atoms with E-state index < -0.39 is 5.51 Å². The van der Waals surface area contributed by atoms with Crippen LogP contribution in [0.5, 0.6) is 0 Å². The van der Waals surface area contributed by atoms with E-state index in [9.17, 15) is 18.0 Å². The fourth-order valence-electron chi connectivity index (χ4n) is 4.82. The number of halogens is 4. The molecule has 2 saturated heterocycles. The molecule has 10 heteroatoms. The lowest BCUT2D eigenvalue weighted by molar-refractivity contribution is -0.122. The van der Waals surface area contributed by atoms with Crippen LogP contribution in [0.15, 0.2) is 53.4 Å². The van der Waals surface area contributed by atoms with Crippen LogP contribution in [0.3, 0.4) is 0 Å². The molecule has 1 N–H and O–H groups in total. The Morgan fingerprint density at radius 1 is 0.944 bits per heavy atom. The summed E-state index contributed by atoms with van der Waals surface area (Å²) in [6.07, 6.45) is 3.01. The Morgan fingerprint density at radius 2 is 1.61 bits per heavy atom. The molecule has 0 unspecified atom stereocenters. The third kappa shape index (κ3) is 7.95. The first-order valence-electron chi connectivity index (χ1n) is 12.4. The number of thioether (sulfide) groups is 1. The summed E-state index contributed by atoms with van der Waals surface area (Å²) in [5, 5.41) is 3.95. The molecule has 0 atom stereocenters. The summed E-state index contributed by atoms with van der Waals surface area (Å²) in [6.45, 7) is 6.23. The number of nitrogens with one attached hydrogen (secondary N) is 1. The topological polar surface area (TPSA) is 38.8 Å². The molecule has 0 saturated carbocycles. The standard InChI is InChI=1S/C26H32ClF3N4OS/c27-23-4-1-2-5-24(23)34-18-16-32(17-19-34)13-3-6-25(35)31-20-11-14-33(15-12-20)21-7-9-22(10-8-21)36-26(28,29)30/h1-2,4-5,7-10,20H,3,6,11-19H2,(H,31,35). The van der Waals surface area contributed by atoms with Crippen LogP contribution in [0.25, 0.3) is 0 Å². The van der Waals surface area contributed by atoms with Crippen LogP contribution in [0, 0.1) is 0 Å². The van der Waals surface area contributed by atoms with Crippen molar-refractivity contribution in [2.24, 2.45) is 0 Å². The Labute approximate surface area is 219 Å². The highest BCUT2D eigenvalue weighted by Crippen LogP contribution is 2.37. The van der Waals surface area contributed by atoms with Crippen LogP contribution < -0.4 is 15.1 Å². The second kappa shape index (κ2) is 12.4. The maximum Gasteiger partial charge on any atom is 0.446 e. The molecule has 2 aliphatic heterocycles. The number of para-hydroxylation sites is 1. The van der Waals surface area contributed by atoms with Gasteiger partial charge in [0.2, 0.25) is 5.91 Å². The van der Waals surface area contributed by atoms with Crippen molar-refractivity contribution in [3.8, 4) is 0 Å². The number of benzene rings is 2. The monoisotopic (exact) mass is 540 g/mol. The fourth-order valence-corrected chi connectivity index (χ4v) is 5.62. The highest BCUT2D eigenvalue weighted by Gasteiger charge is 2.29. The number of anilines is 2. The third-order valence-electron chi connectivity index (χ3n) is 6.74. The molecule has 2 aliphatic rings. The van der Waals surface area contributed by atoms with Gasteiger partial charge >= 0.3 is 5.51 Å². The summed E-state index contributed by atoms with van der Waals surface area (Å²) in [4.78, 5) is 19.5. The zero-order chi connectivity index (χ0) is 25.5. The molecule has 2 fully saturated rings. The number of nitrogens with zero attached hydrogens (tertiary/aromatic N) is 3. The van der Waals surface area contributed by atoms with Gasteiger partial charge in [0.05, 0.1) is 10.7 Å². The summed E-state index contributed by atoms with van der Waals surface area (Å²) >= 11 is 6.22. The van der Waals surface area contributed by atoms with E-state index in [0.717, 1.165) is 81.5 Å². The molecular weight excluding hydrogens is 509 g/mol. The first-order chi connectivity index (χ1) is 17.3. The average Bonchev–Trinajstić information content (AvgIpc) is 2.85. The van der Waals surface area contributed by atoms with Crippen LogP contribution in [0.2, 0.25) is 5.02 Å². The summed E-state index contributed by atoms with van der Waals surface area (Å²) in [7, 11) is 0. The van der Waals surface area contributed by atoms with Crippen molar-refractivity contribution in [1.29, 1.82) is 0 Å². The molecule has 0 aliphatic carbocycles. The number of hydrogen-bond donors (Lipinski definition) is 1. The second-order valence-electron chi connectivity index (χ2n) is 9.25. The molecule has 4 rings (SSSR count). The van der Waals surface area contributed by atoms with Gasteiger partial charge in [-0.15, -0.1) is 0 Å². The van der Waals surface area contributed by atoms with Gasteiger partial charge in [0.1, 0.15) is 0 Å². The minimum Gasteiger partial charge on any atom is -0.371 e. The van der Waals surface area contributed by atoms with Crippen molar-refractivity contribution in [2.75, 3.05) is 55.6 Å². The molecule has 2 heterocycles. The van der Waals surface area contributed by atoms with Gasteiger partial charge in [-0.1, -0.05) is 23.7 Å². The lowest BCUT2D eigenvalue weighted by atomic mass is 10.0. The van der Waals surface area contributed by atoms with Crippen LogP contribution in [0.4, 0.5) is 24.5 Å². The van der Waals surface area contributed by atoms with Gasteiger partial charge in [0.15, 0.2) is 0 Å². The van der Waals surface area contributed by atoms with E-state index in [0.29, 0.717) is 6.42 Å². The number of hydrogen-bond acceptors (Lipinski definition) is 5. The van der Waals surface area contributed by atoms with E-state index in [1.54, 1.807) is 12.1 Å². The lowest BCUT2D eigenvalue weighted by Crippen LogP contribution is -2.47. The number of amides is 1. The SMILES string of the molecule is O=C(CCCN1CCN(c2ccccc2Cl)CC1)NC1CCN(c2ccc(SC(F)(F)F)cc2)CC1. The quantitative estimate of drug-likeness (QED) is 0.439. The van der Waals surface area contributed by atoms with E-state index in [1.807, 2.05) is 18.2 Å². The first-order valence-corrected chi connectivity index (χ1v) is 13.6. The Balaban J connectivity index is 1.11. The molecule has 36 heavy (non-hydrogen) atoms. The van der Waals surface area contributed by atoms with Gasteiger partial charge in [-0.3, -0.25) is 9.69 Å². The van der Waals surface area contributed by atoms with Gasteiger partial charge in [-0.05, 0) is 74.0 Å². The summed E-state index contributed by atoms with van der Waals surface area (Å²) in [6, 6.07) is 14.6. The number of carbonyl (C=O) groups excluding carboxylic acids is 1. The van der Waals surface area contributed by atoms with E-state index in [1.165, 1.54) is 12.1 Å². The van der Waals surface area contributed by atoms with Crippen LogP contribution in [0.1, 0.15) is 25.7 Å². The van der Waals surface area contributed by atoms with E-state index in [2.05, 4.69) is 26.1 Å². The Hall–Kier alpha value is -2.10. The summed E-state index contributed by atoms with van der Waals surface area (Å²) in [5.41, 5.74) is -2.27. The van der Waals surface area contributed by atoms with Gasteiger partial charge < -0.3 is 15.1 Å². The average molecular weight is 541 g/mol. The molecule has 0 aromatic heterocycles. The van der Waals surface area contributed by atoms with Crippen LogP contribution in [-0.4, -0.2) is 68.2 Å². The molecule has 0 radical (unpaired) electrons. The Bertz CT molecular complexity index is 991. The number of piperidine rings is 1. The van der Waals surface area contributed by atoms with Crippen molar-refractivity contribution in [3.63, 3.8) is 0 Å². The number of piperazine rings is 1. The molecule has 0 bridgehead atoms. The van der Waals surface area contributed by atoms with Crippen LogP contribution in [-0.2, 0) is 4.79 Å². The molecule has 2 aromatic carbocycles. The van der Waals surface area contributed by atoms with Crippen molar-refractivity contribution < 1.29 is 18.0 Å². The molecular formula is C26H32ClF3N4OS. The van der Waals surface area contributed by atoms with E-state index >= 15 is 0 Å². The van der Waals surface area contributed by atoms with Gasteiger partial charge in [-0.25, -0.2) is 0 Å². The largest absolute Gasteiger partial charge is 0.446 e. The smallest absolute Gasteiger partial charge is 0.371 e. The van der Waals surface area contributed by atoms with Crippen molar-refractivity contribution in [3.05, 3.63) is 53.6 Å². The molecule has 0 spiro atoms.